The molecule has 0 aromatic heterocycles. The van der Waals surface area contributed by atoms with E-state index in [0.29, 0.717) is 24.0 Å². The van der Waals surface area contributed by atoms with Crippen LogP contribution in [-0.4, -0.2) is 48.1 Å². The van der Waals surface area contributed by atoms with Gasteiger partial charge in [-0.1, -0.05) is 37.4 Å². The van der Waals surface area contributed by atoms with Crippen LogP contribution in [-0.2, 0) is 19.0 Å². The van der Waals surface area contributed by atoms with Crippen molar-refractivity contribution >= 4 is 35.0 Å². The summed E-state index contributed by atoms with van der Waals surface area (Å²) in [7, 11) is 0. The van der Waals surface area contributed by atoms with Gasteiger partial charge >= 0.3 is 18.1 Å². The fourth-order valence-electron chi connectivity index (χ4n) is 3.30. The van der Waals surface area contributed by atoms with Crippen LogP contribution < -0.4 is 4.74 Å². The predicted octanol–water partition coefficient (Wildman–Crippen LogP) is 5.97. The van der Waals surface area contributed by atoms with E-state index in [4.69, 9.17) is 24.1 Å². The topological polar surface area (TPSA) is 125 Å². The molecule has 9 nitrogen and oxygen atoms in total. The Bertz CT molecular complexity index is 1380. The second kappa shape index (κ2) is 15.8. The monoisotopic (exact) mass is 576 g/mol. The lowest BCUT2D eigenvalue weighted by atomic mass is 10.0. The number of esters is 2. The minimum atomic E-state index is -0.893. The highest BCUT2D eigenvalue weighted by molar-refractivity contribution is 8.14. The fourth-order valence-corrected chi connectivity index (χ4v) is 4.04. The second-order valence-corrected chi connectivity index (χ2v) is 9.44. The molecule has 0 aliphatic rings. The lowest BCUT2D eigenvalue weighted by Gasteiger charge is -2.08. The van der Waals surface area contributed by atoms with Gasteiger partial charge in [0.05, 0.1) is 37.2 Å². The Kier molecular flexibility index (Phi) is 11.9. The molecule has 0 saturated carbocycles. The summed E-state index contributed by atoms with van der Waals surface area (Å²) in [4.78, 5) is 48.5. The third-order valence-electron chi connectivity index (χ3n) is 5.47. The van der Waals surface area contributed by atoms with Gasteiger partial charge in [0.2, 0.25) is 5.12 Å². The summed E-state index contributed by atoms with van der Waals surface area (Å²) in [5.74, 6) is -0.922. The first-order valence-corrected chi connectivity index (χ1v) is 13.3. The minimum absolute atomic E-state index is 0.0273. The molecule has 0 saturated heterocycles. The van der Waals surface area contributed by atoms with Crippen LogP contribution in [0, 0.1) is 0 Å². The Morgan fingerprint density at radius 1 is 0.780 bits per heavy atom. The molecule has 0 aliphatic heterocycles. The number of carbonyl (C=O) groups excluding carboxylic acids is 4. The highest BCUT2D eigenvalue weighted by atomic mass is 32.2. The van der Waals surface area contributed by atoms with Crippen LogP contribution in [0.2, 0.25) is 0 Å². The van der Waals surface area contributed by atoms with Gasteiger partial charge in [-0.15, -0.1) is 0 Å². The van der Waals surface area contributed by atoms with Crippen molar-refractivity contribution in [2.45, 2.75) is 17.7 Å². The Labute approximate surface area is 241 Å². The van der Waals surface area contributed by atoms with E-state index < -0.39 is 24.7 Å². The van der Waals surface area contributed by atoms with Gasteiger partial charge in [-0.05, 0) is 84.3 Å². The summed E-state index contributed by atoms with van der Waals surface area (Å²) in [6.45, 7) is 6.45. The van der Waals surface area contributed by atoms with E-state index in [2.05, 4.69) is 13.2 Å². The standard InChI is InChI=1S/C31H28O9S/c1-3-37-29(34)24-8-6-22(7-9-24)23-12-16-27(17-13-23)41-30(35)25-10-14-26(15-11-25)40-31(36)39-19-5-4-18-38-28(33)21(2)20-32/h3,6-17,32H,1-2,4-5,18-20H2. The van der Waals surface area contributed by atoms with Crippen molar-refractivity contribution < 1.29 is 43.2 Å². The second-order valence-electron chi connectivity index (χ2n) is 8.39. The third-order valence-corrected chi connectivity index (χ3v) is 6.40. The number of thioether (sulfide) groups is 1. The SMILES string of the molecule is C=COC(=O)c1ccc(-c2ccc(SC(=O)c3ccc(OC(=O)OCCCCOC(=O)C(=C)CO)cc3)cc2)cc1. The third kappa shape index (κ3) is 9.79. The fraction of sp³-hybridized carbons (Fsp3) is 0.161. The van der Waals surface area contributed by atoms with Gasteiger partial charge in [0.15, 0.2) is 0 Å². The Morgan fingerprint density at radius 2 is 1.34 bits per heavy atom. The van der Waals surface area contributed by atoms with E-state index in [-0.39, 0.29) is 29.7 Å². The molecule has 0 amide bonds. The van der Waals surface area contributed by atoms with E-state index in [1.54, 1.807) is 24.3 Å². The van der Waals surface area contributed by atoms with Crippen molar-refractivity contribution in [2.75, 3.05) is 19.8 Å². The molecule has 0 atom stereocenters. The average molecular weight is 577 g/mol. The lowest BCUT2D eigenvalue weighted by Crippen LogP contribution is -2.13. The zero-order valence-corrected chi connectivity index (χ0v) is 22.9. The van der Waals surface area contributed by atoms with Crippen molar-refractivity contribution in [3.63, 3.8) is 0 Å². The molecule has 0 fully saturated rings. The van der Waals surface area contributed by atoms with Crippen LogP contribution in [0.25, 0.3) is 11.1 Å². The number of ether oxygens (including phenoxy) is 4. The first-order valence-electron chi connectivity index (χ1n) is 12.5. The number of hydrogen-bond donors (Lipinski definition) is 1. The molecular formula is C31H28O9S. The van der Waals surface area contributed by atoms with Crippen LogP contribution in [0.3, 0.4) is 0 Å². The maximum Gasteiger partial charge on any atom is 0.513 e. The van der Waals surface area contributed by atoms with Crippen LogP contribution in [0.5, 0.6) is 5.75 Å². The van der Waals surface area contributed by atoms with Gasteiger partial charge in [-0.25, -0.2) is 14.4 Å². The first-order chi connectivity index (χ1) is 19.8. The van der Waals surface area contributed by atoms with Crippen molar-refractivity contribution in [3.8, 4) is 16.9 Å². The molecule has 0 bridgehead atoms. The molecule has 0 heterocycles. The van der Waals surface area contributed by atoms with Gasteiger partial charge in [0.25, 0.3) is 0 Å². The summed E-state index contributed by atoms with van der Waals surface area (Å²) in [6, 6.07) is 20.5. The van der Waals surface area contributed by atoms with Gasteiger partial charge < -0.3 is 24.1 Å². The van der Waals surface area contributed by atoms with Crippen LogP contribution in [0.15, 0.2) is 103 Å². The van der Waals surface area contributed by atoms with Crippen molar-refractivity contribution in [3.05, 3.63) is 109 Å². The summed E-state index contributed by atoms with van der Waals surface area (Å²) in [6.07, 6.45) is 1.09. The molecule has 0 spiro atoms. The van der Waals surface area contributed by atoms with Crippen LogP contribution in [0.1, 0.15) is 33.6 Å². The normalized spacial score (nSPS) is 10.3. The predicted molar refractivity (Wildman–Crippen MR) is 153 cm³/mol. The summed E-state index contributed by atoms with van der Waals surface area (Å²) >= 11 is 1.06. The molecule has 3 aromatic rings. The largest absolute Gasteiger partial charge is 0.513 e. The van der Waals surface area contributed by atoms with E-state index >= 15 is 0 Å². The number of benzene rings is 3. The van der Waals surface area contributed by atoms with E-state index in [0.717, 1.165) is 34.0 Å². The van der Waals surface area contributed by atoms with E-state index in [9.17, 15) is 19.2 Å². The quantitative estimate of drug-likeness (QED) is 0.0494. The summed E-state index contributed by atoms with van der Waals surface area (Å²) < 4.78 is 19.8. The number of aliphatic hydroxyl groups is 1. The zero-order chi connectivity index (χ0) is 29.6. The summed E-state index contributed by atoms with van der Waals surface area (Å²) in [5.41, 5.74) is 2.65. The van der Waals surface area contributed by atoms with Crippen molar-refractivity contribution in [1.82, 2.24) is 0 Å². The molecule has 0 aliphatic carbocycles. The molecule has 3 rings (SSSR count). The number of carbonyl (C=O) groups is 4. The molecule has 0 unspecified atom stereocenters. The lowest BCUT2D eigenvalue weighted by molar-refractivity contribution is -0.139. The molecule has 0 radical (unpaired) electrons. The maximum atomic E-state index is 12.7. The molecule has 212 valence electrons. The molecule has 41 heavy (non-hydrogen) atoms. The van der Waals surface area contributed by atoms with E-state index in [1.165, 1.54) is 12.1 Å². The highest BCUT2D eigenvalue weighted by Gasteiger charge is 2.12. The number of unbranched alkanes of at least 4 members (excludes halogenated alkanes) is 1. The number of rotatable bonds is 13. The van der Waals surface area contributed by atoms with E-state index in [1.807, 2.05) is 36.4 Å². The van der Waals surface area contributed by atoms with Crippen LogP contribution >= 0.6 is 11.8 Å². The van der Waals surface area contributed by atoms with Crippen molar-refractivity contribution in [1.29, 1.82) is 0 Å². The smallest absolute Gasteiger partial charge is 0.462 e. The molecule has 10 heteroatoms. The zero-order valence-electron chi connectivity index (χ0n) is 22.1. The number of aliphatic hydroxyl groups excluding tert-OH is 1. The Hall–Kier alpha value is -4.67. The Morgan fingerprint density at radius 3 is 1.93 bits per heavy atom. The summed E-state index contributed by atoms with van der Waals surface area (Å²) in [5, 5.41) is 8.62. The average Bonchev–Trinajstić information content (AvgIpc) is 2.99. The molecule has 1 N–H and O–H groups in total. The van der Waals surface area contributed by atoms with Gasteiger partial charge in [-0.2, -0.15) is 0 Å². The van der Waals surface area contributed by atoms with Gasteiger partial charge in [0, 0.05) is 10.5 Å². The number of hydrogen-bond acceptors (Lipinski definition) is 10. The van der Waals surface area contributed by atoms with Gasteiger partial charge in [0.1, 0.15) is 5.75 Å². The van der Waals surface area contributed by atoms with Crippen molar-refractivity contribution in [2.24, 2.45) is 0 Å². The van der Waals surface area contributed by atoms with Crippen LogP contribution in [0.4, 0.5) is 4.79 Å². The van der Waals surface area contributed by atoms with Gasteiger partial charge in [-0.3, -0.25) is 4.79 Å². The highest BCUT2D eigenvalue weighted by Crippen LogP contribution is 2.27. The minimum Gasteiger partial charge on any atom is -0.462 e. The molecule has 3 aromatic carbocycles. The maximum absolute atomic E-state index is 12.7. The first kappa shape index (κ1) is 30.9. The molecular weight excluding hydrogens is 548 g/mol. The Balaban J connectivity index is 1.42.